The fourth-order valence-corrected chi connectivity index (χ4v) is 3.47. The van der Waals surface area contributed by atoms with Crippen molar-refractivity contribution in [2.75, 3.05) is 25.1 Å². The molecule has 0 aromatic heterocycles. The van der Waals surface area contributed by atoms with Crippen LogP contribution in [0, 0.1) is 0 Å². The molecule has 2 aromatic carbocycles. The molecular formula is C21H18F3N3O6. The van der Waals surface area contributed by atoms with Gasteiger partial charge >= 0.3 is 12.4 Å². The lowest BCUT2D eigenvalue weighted by Crippen LogP contribution is -2.42. The summed E-state index contributed by atoms with van der Waals surface area (Å²) in [6.07, 6.45) is -4.84. The van der Waals surface area contributed by atoms with Gasteiger partial charge in [-0.2, -0.15) is 0 Å². The normalized spacial score (nSPS) is 19.8. The summed E-state index contributed by atoms with van der Waals surface area (Å²) < 4.78 is 51.5. The van der Waals surface area contributed by atoms with Crippen molar-refractivity contribution in [2.45, 2.75) is 18.8 Å². The van der Waals surface area contributed by atoms with Crippen LogP contribution in [0.2, 0.25) is 0 Å². The van der Waals surface area contributed by atoms with E-state index in [1.165, 1.54) is 19.1 Å². The fourth-order valence-electron chi connectivity index (χ4n) is 3.47. The number of halogens is 3. The van der Waals surface area contributed by atoms with Crippen molar-refractivity contribution < 1.29 is 41.8 Å². The number of nitrogens with zero attached hydrogens (tertiary/aromatic N) is 1. The maximum Gasteiger partial charge on any atom is 0.573 e. The number of rotatable bonds is 5. The standard InChI is InChI=1S/C21H18F3N3O6/c1-20(12-2-7-15-16(10-12)32-9-8-31-15)18(29)27(19(30)26-20)11-17(28)25-13-3-5-14(6-4-13)33-21(22,23)24/h2-7,10H,8-9,11H2,1H3,(H,25,28)(H,26,30). The summed E-state index contributed by atoms with van der Waals surface area (Å²) in [5.41, 5.74) is -0.812. The van der Waals surface area contributed by atoms with Gasteiger partial charge in [-0.25, -0.2) is 4.79 Å². The number of anilines is 1. The van der Waals surface area contributed by atoms with Crippen LogP contribution < -0.4 is 24.8 Å². The van der Waals surface area contributed by atoms with Gasteiger partial charge in [-0.1, -0.05) is 6.07 Å². The van der Waals surface area contributed by atoms with Gasteiger partial charge in [-0.05, 0) is 48.9 Å². The molecule has 174 valence electrons. The Morgan fingerprint density at radius 2 is 1.79 bits per heavy atom. The van der Waals surface area contributed by atoms with Gasteiger partial charge in [0.15, 0.2) is 11.5 Å². The molecule has 0 radical (unpaired) electrons. The van der Waals surface area contributed by atoms with E-state index < -0.39 is 42.0 Å². The second-order valence-corrected chi connectivity index (χ2v) is 7.43. The number of carbonyl (C=O) groups is 3. The number of fused-ring (bicyclic) bond motifs is 1. The first kappa shape index (κ1) is 22.2. The topological polar surface area (TPSA) is 106 Å². The van der Waals surface area contributed by atoms with E-state index in [-0.39, 0.29) is 5.69 Å². The van der Waals surface area contributed by atoms with Gasteiger partial charge in [0.1, 0.15) is 31.0 Å². The summed E-state index contributed by atoms with van der Waals surface area (Å²) in [6, 6.07) is 8.54. The van der Waals surface area contributed by atoms with E-state index in [9.17, 15) is 27.6 Å². The molecule has 1 atom stereocenters. The van der Waals surface area contributed by atoms with Crippen LogP contribution in [0.3, 0.4) is 0 Å². The Kier molecular flexibility index (Phi) is 5.52. The number of amides is 4. The van der Waals surface area contributed by atoms with Crippen molar-refractivity contribution in [3.05, 3.63) is 48.0 Å². The zero-order valence-electron chi connectivity index (χ0n) is 17.2. The number of nitrogens with one attached hydrogen (secondary N) is 2. The van der Waals surface area contributed by atoms with E-state index in [0.717, 1.165) is 17.0 Å². The Hall–Kier alpha value is -3.96. The molecule has 0 aliphatic carbocycles. The average molecular weight is 465 g/mol. The molecule has 1 saturated heterocycles. The zero-order valence-corrected chi connectivity index (χ0v) is 17.2. The number of alkyl halides is 3. The SMILES string of the molecule is CC1(c2ccc3c(c2)OCCO3)NC(=O)N(CC(=O)Nc2ccc(OC(F)(F)F)cc2)C1=O. The number of hydrogen-bond acceptors (Lipinski definition) is 6. The molecule has 2 aliphatic heterocycles. The first-order chi connectivity index (χ1) is 15.5. The highest BCUT2D eigenvalue weighted by atomic mass is 19.4. The van der Waals surface area contributed by atoms with Crippen molar-refractivity contribution in [1.29, 1.82) is 0 Å². The molecule has 1 fully saturated rings. The lowest BCUT2D eigenvalue weighted by molar-refractivity contribution is -0.274. The Balaban J connectivity index is 1.43. The van der Waals surface area contributed by atoms with Crippen molar-refractivity contribution in [3.63, 3.8) is 0 Å². The van der Waals surface area contributed by atoms with E-state index in [0.29, 0.717) is 30.3 Å². The van der Waals surface area contributed by atoms with E-state index in [1.54, 1.807) is 18.2 Å². The van der Waals surface area contributed by atoms with Gasteiger partial charge in [0, 0.05) is 5.69 Å². The maximum absolute atomic E-state index is 13.0. The van der Waals surface area contributed by atoms with Crippen LogP contribution in [0.15, 0.2) is 42.5 Å². The number of urea groups is 1. The number of carbonyl (C=O) groups excluding carboxylic acids is 3. The molecule has 2 aliphatic rings. The number of hydrogen-bond donors (Lipinski definition) is 2. The summed E-state index contributed by atoms with van der Waals surface area (Å²) in [7, 11) is 0. The molecule has 2 N–H and O–H groups in total. The molecule has 0 saturated carbocycles. The van der Waals surface area contributed by atoms with Gasteiger partial charge in [0.05, 0.1) is 0 Å². The molecule has 12 heteroatoms. The summed E-state index contributed by atoms with van der Waals surface area (Å²) >= 11 is 0. The molecule has 33 heavy (non-hydrogen) atoms. The minimum Gasteiger partial charge on any atom is -0.486 e. The first-order valence-electron chi connectivity index (χ1n) is 9.75. The summed E-state index contributed by atoms with van der Waals surface area (Å²) in [5.74, 6) is -0.850. The van der Waals surface area contributed by atoms with Crippen molar-refractivity contribution in [3.8, 4) is 17.2 Å². The van der Waals surface area contributed by atoms with Crippen molar-refractivity contribution in [1.82, 2.24) is 10.2 Å². The highest BCUT2D eigenvalue weighted by molar-refractivity contribution is 6.10. The number of ether oxygens (including phenoxy) is 3. The number of benzene rings is 2. The second kappa shape index (κ2) is 8.19. The quantitative estimate of drug-likeness (QED) is 0.658. The van der Waals surface area contributed by atoms with E-state index in [4.69, 9.17) is 9.47 Å². The predicted octanol–water partition coefficient (Wildman–Crippen LogP) is 2.76. The second-order valence-electron chi connectivity index (χ2n) is 7.43. The monoisotopic (exact) mass is 465 g/mol. The van der Waals surface area contributed by atoms with E-state index in [1.807, 2.05) is 0 Å². The summed E-state index contributed by atoms with van der Waals surface area (Å²) in [4.78, 5) is 38.6. The lowest BCUT2D eigenvalue weighted by atomic mass is 9.91. The van der Waals surface area contributed by atoms with Crippen molar-refractivity contribution in [2.24, 2.45) is 0 Å². The van der Waals surface area contributed by atoms with Gasteiger partial charge in [0.2, 0.25) is 5.91 Å². The van der Waals surface area contributed by atoms with Gasteiger partial charge < -0.3 is 24.8 Å². The molecule has 0 bridgehead atoms. The van der Waals surface area contributed by atoms with Gasteiger partial charge in [0.25, 0.3) is 5.91 Å². The van der Waals surface area contributed by atoms with Crippen LogP contribution in [-0.4, -0.2) is 48.9 Å². The smallest absolute Gasteiger partial charge is 0.486 e. The van der Waals surface area contributed by atoms with E-state index >= 15 is 0 Å². The first-order valence-corrected chi connectivity index (χ1v) is 9.75. The predicted molar refractivity (Wildman–Crippen MR) is 107 cm³/mol. The molecule has 1 unspecified atom stereocenters. The zero-order chi connectivity index (χ0) is 23.8. The Morgan fingerprint density at radius 3 is 2.45 bits per heavy atom. The minimum atomic E-state index is -4.84. The summed E-state index contributed by atoms with van der Waals surface area (Å²) in [6.45, 7) is 1.67. The molecule has 4 amide bonds. The van der Waals surface area contributed by atoms with Gasteiger partial charge in [-0.15, -0.1) is 13.2 Å². The fraction of sp³-hybridized carbons (Fsp3) is 0.286. The third-order valence-corrected chi connectivity index (χ3v) is 5.07. The van der Waals surface area contributed by atoms with Crippen molar-refractivity contribution >= 4 is 23.5 Å². The molecule has 0 spiro atoms. The lowest BCUT2D eigenvalue weighted by Gasteiger charge is -2.25. The van der Waals surface area contributed by atoms with E-state index in [2.05, 4.69) is 15.4 Å². The van der Waals surface area contributed by atoms with Crippen LogP contribution in [-0.2, 0) is 15.1 Å². The largest absolute Gasteiger partial charge is 0.573 e. The molecule has 2 heterocycles. The van der Waals surface area contributed by atoms with Crippen LogP contribution in [0.1, 0.15) is 12.5 Å². The molecular weight excluding hydrogens is 447 g/mol. The van der Waals surface area contributed by atoms with Gasteiger partial charge in [-0.3, -0.25) is 14.5 Å². The third-order valence-electron chi connectivity index (χ3n) is 5.07. The average Bonchev–Trinajstić information content (AvgIpc) is 2.97. The minimum absolute atomic E-state index is 0.163. The summed E-state index contributed by atoms with van der Waals surface area (Å²) in [5, 5.41) is 5.01. The molecule has 9 nitrogen and oxygen atoms in total. The molecule has 2 aromatic rings. The van der Waals surface area contributed by atoms with Crippen LogP contribution >= 0.6 is 0 Å². The Bertz CT molecular complexity index is 1110. The maximum atomic E-state index is 13.0. The Morgan fingerprint density at radius 1 is 1.12 bits per heavy atom. The van der Waals surface area contributed by atoms with Crippen LogP contribution in [0.5, 0.6) is 17.2 Å². The van der Waals surface area contributed by atoms with Crippen LogP contribution in [0.4, 0.5) is 23.7 Å². The van der Waals surface area contributed by atoms with Crippen LogP contribution in [0.25, 0.3) is 0 Å². The Labute approximate surface area is 185 Å². The molecule has 4 rings (SSSR count). The highest BCUT2D eigenvalue weighted by Gasteiger charge is 2.49. The third kappa shape index (κ3) is 4.64. The highest BCUT2D eigenvalue weighted by Crippen LogP contribution is 2.36. The number of imide groups is 1.